The van der Waals surface area contributed by atoms with Crippen molar-refractivity contribution in [3.8, 4) is 0 Å². The minimum atomic E-state index is -0.600. The molecule has 1 saturated heterocycles. The quantitative estimate of drug-likeness (QED) is 0.867. The molecule has 1 aromatic rings. The number of rotatable bonds is 4. The van der Waals surface area contributed by atoms with E-state index in [2.05, 4.69) is 5.32 Å². The van der Waals surface area contributed by atoms with Gasteiger partial charge in [0, 0.05) is 13.1 Å². The smallest absolute Gasteiger partial charge is 0.411 e. The number of piperidine rings is 1. The summed E-state index contributed by atoms with van der Waals surface area (Å²) in [6.45, 7) is 1.51. The monoisotopic (exact) mass is 318 g/mol. The molecule has 2 amide bonds. The summed E-state index contributed by atoms with van der Waals surface area (Å²) < 4.78 is 10.1. The maximum absolute atomic E-state index is 11.9. The second kappa shape index (κ2) is 6.89. The van der Waals surface area contributed by atoms with Gasteiger partial charge in [-0.25, -0.2) is 9.59 Å². The minimum absolute atomic E-state index is 0.173. The highest BCUT2D eigenvalue weighted by molar-refractivity contribution is 5.69. The average molecular weight is 318 g/mol. The van der Waals surface area contributed by atoms with Crippen molar-refractivity contribution in [3.63, 3.8) is 0 Å². The van der Waals surface area contributed by atoms with E-state index in [1.54, 1.807) is 4.90 Å². The summed E-state index contributed by atoms with van der Waals surface area (Å²) in [5, 5.41) is 2.42. The Morgan fingerprint density at radius 1 is 1.04 bits per heavy atom. The first-order valence-electron chi connectivity index (χ1n) is 8.03. The lowest BCUT2D eigenvalue weighted by molar-refractivity contribution is 0.0741. The van der Waals surface area contributed by atoms with Crippen LogP contribution in [0.1, 0.15) is 31.2 Å². The molecular weight excluding hydrogens is 296 g/mol. The molecule has 2 fully saturated rings. The molecular formula is C17H22N2O4. The van der Waals surface area contributed by atoms with Crippen LogP contribution in [0.15, 0.2) is 30.3 Å². The molecule has 6 nitrogen and oxygen atoms in total. The Kier molecular flexibility index (Phi) is 4.69. The average Bonchev–Trinajstić information content (AvgIpc) is 3.33. The Balaban J connectivity index is 1.29. The van der Waals surface area contributed by atoms with Crippen LogP contribution in [0.25, 0.3) is 0 Å². The topological polar surface area (TPSA) is 67.9 Å². The number of ether oxygens (including phenoxy) is 2. The van der Waals surface area contributed by atoms with Crippen molar-refractivity contribution < 1.29 is 19.1 Å². The Labute approximate surface area is 135 Å². The molecule has 1 aliphatic heterocycles. The zero-order chi connectivity index (χ0) is 16.1. The third-order valence-corrected chi connectivity index (χ3v) is 4.66. The Hall–Kier alpha value is -2.24. The van der Waals surface area contributed by atoms with Gasteiger partial charge in [0.25, 0.3) is 0 Å². The number of likely N-dealkylation sites (tertiary alicyclic amines) is 1. The van der Waals surface area contributed by atoms with Crippen LogP contribution < -0.4 is 5.32 Å². The molecule has 0 bridgehead atoms. The van der Waals surface area contributed by atoms with Gasteiger partial charge in [0.15, 0.2) is 6.73 Å². The molecule has 0 radical (unpaired) electrons. The number of alkyl carbamates (subject to hydrolysis) is 1. The Morgan fingerprint density at radius 3 is 2.39 bits per heavy atom. The summed E-state index contributed by atoms with van der Waals surface area (Å²) in [6.07, 6.45) is 3.75. The fraction of sp³-hybridized carbons (Fsp3) is 0.529. The van der Waals surface area contributed by atoms with Gasteiger partial charge in [0.1, 0.15) is 6.61 Å². The van der Waals surface area contributed by atoms with Crippen molar-refractivity contribution in [1.29, 1.82) is 0 Å². The summed E-state index contributed by atoms with van der Waals surface area (Å²) in [6, 6.07) is 9.40. The second-order valence-electron chi connectivity index (χ2n) is 6.28. The lowest BCUT2D eigenvalue weighted by Crippen LogP contribution is -2.41. The van der Waals surface area contributed by atoms with E-state index in [-0.39, 0.29) is 19.4 Å². The standard InChI is InChI=1S/C17H22N2O4/c20-15(22-12-14-4-2-1-3-5-14)18-13-23-16(21)19-10-8-17(6-7-17)9-11-19/h1-5H,6-13H2,(H,18,20). The van der Waals surface area contributed by atoms with Crippen molar-refractivity contribution in [2.75, 3.05) is 19.8 Å². The van der Waals surface area contributed by atoms with Crippen molar-refractivity contribution in [3.05, 3.63) is 35.9 Å². The van der Waals surface area contributed by atoms with Crippen LogP contribution in [-0.2, 0) is 16.1 Å². The summed E-state index contributed by atoms with van der Waals surface area (Å²) in [5.74, 6) is 0. The van der Waals surface area contributed by atoms with Gasteiger partial charge in [0.2, 0.25) is 0 Å². The summed E-state index contributed by atoms with van der Waals surface area (Å²) in [4.78, 5) is 25.1. The van der Waals surface area contributed by atoms with Crippen molar-refractivity contribution in [1.82, 2.24) is 10.2 Å². The molecule has 6 heteroatoms. The van der Waals surface area contributed by atoms with Crippen molar-refractivity contribution >= 4 is 12.2 Å². The number of hydrogen-bond donors (Lipinski definition) is 1. The van der Waals surface area contributed by atoms with E-state index in [0.29, 0.717) is 5.41 Å². The fourth-order valence-electron chi connectivity index (χ4n) is 2.86. The van der Waals surface area contributed by atoms with Crippen LogP contribution in [0.4, 0.5) is 9.59 Å². The summed E-state index contributed by atoms with van der Waals surface area (Å²) in [5.41, 5.74) is 1.43. The van der Waals surface area contributed by atoms with Gasteiger partial charge in [-0.1, -0.05) is 30.3 Å². The van der Waals surface area contributed by atoms with E-state index >= 15 is 0 Å². The van der Waals surface area contributed by atoms with Gasteiger partial charge in [-0.2, -0.15) is 0 Å². The maximum Gasteiger partial charge on any atom is 0.411 e. The predicted molar refractivity (Wildman–Crippen MR) is 83.6 cm³/mol. The number of benzene rings is 1. The number of hydrogen-bond acceptors (Lipinski definition) is 4. The van der Waals surface area contributed by atoms with Gasteiger partial charge >= 0.3 is 12.2 Å². The first-order chi connectivity index (χ1) is 11.2. The highest BCUT2D eigenvalue weighted by Gasteiger charge is 2.45. The highest BCUT2D eigenvalue weighted by Crippen LogP contribution is 2.53. The lowest BCUT2D eigenvalue weighted by Gasteiger charge is -2.31. The molecule has 3 rings (SSSR count). The molecule has 124 valence electrons. The van der Waals surface area contributed by atoms with Crippen LogP contribution in [-0.4, -0.2) is 36.9 Å². The van der Waals surface area contributed by atoms with E-state index in [4.69, 9.17) is 9.47 Å². The van der Waals surface area contributed by atoms with E-state index in [1.165, 1.54) is 12.8 Å². The number of nitrogens with one attached hydrogen (secondary N) is 1. The van der Waals surface area contributed by atoms with Crippen molar-refractivity contribution in [2.24, 2.45) is 5.41 Å². The third-order valence-electron chi connectivity index (χ3n) is 4.66. The molecule has 0 atom stereocenters. The third kappa shape index (κ3) is 4.37. The first-order valence-corrected chi connectivity index (χ1v) is 8.03. The molecule has 1 aliphatic carbocycles. The van der Waals surface area contributed by atoms with Gasteiger partial charge < -0.3 is 14.4 Å². The molecule has 23 heavy (non-hydrogen) atoms. The molecule has 1 heterocycles. The first kappa shape index (κ1) is 15.6. The number of amides is 2. The number of nitrogens with zero attached hydrogens (tertiary/aromatic N) is 1. The second-order valence-corrected chi connectivity index (χ2v) is 6.28. The predicted octanol–water partition coefficient (Wildman–Crippen LogP) is 2.88. The molecule has 1 saturated carbocycles. The molecule has 2 aliphatic rings. The zero-order valence-corrected chi connectivity index (χ0v) is 13.1. The summed E-state index contributed by atoms with van der Waals surface area (Å²) in [7, 11) is 0. The van der Waals surface area contributed by atoms with Crippen LogP contribution in [0.2, 0.25) is 0 Å². The van der Waals surface area contributed by atoms with Crippen LogP contribution in [0, 0.1) is 5.41 Å². The Bertz CT molecular complexity index is 547. The minimum Gasteiger partial charge on any atom is -0.445 e. The normalized spacial score (nSPS) is 18.3. The van der Waals surface area contributed by atoms with Crippen LogP contribution in [0.5, 0.6) is 0 Å². The molecule has 1 N–H and O–H groups in total. The van der Waals surface area contributed by atoms with E-state index in [9.17, 15) is 9.59 Å². The van der Waals surface area contributed by atoms with Gasteiger partial charge in [-0.05, 0) is 36.7 Å². The van der Waals surface area contributed by atoms with E-state index in [1.807, 2.05) is 30.3 Å². The SMILES string of the molecule is O=C(NCOC(=O)N1CCC2(CC1)CC2)OCc1ccccc1. The molecule has 0 aromatic heterocycles. The van der Waals surface area contributed by atoms with Crippen LogP contribution in [0.3, 0.4) is 0 Å². The van der Waals surface area contributed by atoms with Gasteiger partial charge in [0.05, 0.1) is 0 Å². The van der Waals surface area contributed by atoms with Gasteiger partial charge in [-0.3, -0.25) is 5.32 Å². The fourth-order valence-corrected chi connectivity index (χ4v) is 2.86. The lowest BCUT2D eigenvalue weighted by atomic mass is 9.94. The van der Waals surface area contributed by atoms with E-state index < -0.39 is 6.09 Å². The molecule has 1 aromatic carbocycles. The summed E-state index contributed by atoms with van der Waals surface area (Å²) >= 11 is 0. The highest BCUT2D eigenvalue weighted by atomic mass is 16.6. The van der Waals surface area contributed by atoms with Crippen LogP contribution >= 0.6 is 0 Å². The van der Waals surface area contributed by atoms with Gasteiger partial charge in [-0.15, -0.1) is 0 Å². The van der Waals surface area contributed by atoms with E-state index in [0.717, 1.165) is 31.5 Å². The number of carbonyl (C=O) groups excluding carboxylic acids is 2. The molecule has 0 unspecified atom stereocenters. The Morgan fingerprint density at radius 2 is 1.74 bits per heavy atom. The zero-order valence-electron chi connectivity index (χ0n) is 13.1. The molecule has 1 spiro atoms. The maximum atomic E-state index is 11.9. The van der Waals surface area contributed by atoms with Crippen molar-refractivity contribution in [2.45, 2.75) is 32.3 Å². The largest absolute Gasteiger partial charge is 0.445 e. The number of carbonyl (C=O) groups is 2.